The molecule has 7 heteroatoms. The minimum absolute atomic E-state index is 0.0954. The minimum Gasteiger partial charge on any atom is -0.393 e. The first-order chi connectivity index (χ1) is 8.54. The van der Waals surface area contributed by atoms with E-state index in [9.17, 15) is 9.59 Å². The third-order valence-electron chi connectivity index (χ3n) is 3.30. The first-order valence-corrected chi connectivity index (χ1v) is 7.74. The molecule has 0 radical (unpaired) electrons. The van der Waals surface area contributed by atoms with Crippen LogP contribution in [0.5, 0.6) is 0 Å². The van der Waals surface area contributed by atoms with Crippen molar-refractivity contribution in [3.63, 3.8) is 0 Å². The molecule has 1 aliphatic heterocycles. The summed E-state index contributed by atoms with van der Waals surface area (Å²) in [5, 5.41) is 0. The van der Waals surface area contributed by atoms with E-state index in [0.29, 0.717) is 6.42 Å². The number of ether oxygens (including phenoxy) is 1. The molecule has 104 valence electrons. The Morgan fingerprint density at radius 1 is 1.22 bits per heavy atom. The van der Waals surface area contributed by atoms with E-state index in [1.165, 1.54) is 21.3 Å². The Labute approximate surface area is 108 Å². The lowest BCUT2D eigenvalue weighted by Crippen LogP contribution is -2.54. The predicted molar refractivity (Wildman–Crippen MR) is 64.6 cm³/mol. The van der Waals surface area contributed by atoms with Crippen molar-refractivity contribution in [1.82, 2.24) is 0 Å². The van der Waals surface area contributed by atoms with Gasteiger partial charge in [0.05, 0.1) is 17.9 Å². The fourth-order valence-corrected chi connectivity index (χ4v) is 5.04. The van der Waals surface area contributed by atoms with Gasteiger partial charge in [0.2, 0.25) is 0 Å². The predicted octanol–water partition coefficient (Wildman–Crippen LogP) is 1.12. The molecule has 0 aromatic rings. The molecule has 2 atom stereocenters. The lowest BCUT2D eigenvalue weighted by Gasteiger charge is -2.37. The lowest BCUT2D eigenvalue weighted by molar-refractivity contribution is -0.168. The van der Waals surface area contributed by atoms with Crippen LogP contribution in [0.15, 0.2) is 0 Å². The molecule has 1 rings (SSSR count). The highest BCUT2D eigenvalue weighted by Gasteiger charge is 2.56. The number of cyclic esters (lactones) is 2. The number of rotatable bonds is 6. The lowest BCUT2D eigenvalue weighted by atomic mass is 9.95. The molecule has 2 unspecified atom stereocenters. The average molecular weight is 276 g/mol. The summed E-state index contributed by atoms with van der Waals surface area (Å²) in [5.41, 5.74) is -0.369. The molecular formula is C11H20O6Si. The molecule has 6 nitrogen and oxygen atoms in total. The van der Waals surface area contributed by atoms with Crippen molar-refractivity contribution < 1.29 is 27.6 Å². The first kappa shape index (κ1) is 15.3. The summed E-state index contributed by atoms with van der Waals surface area (Å²) in [6.07, 6.45) is 1.53. The Morgan fingerprint density at radius 3 is 2.22 bits per heavy atom. The topological polar surface area (TPSA) is 71.1 Å². The zero-order chi connectivity index (χ0) is 13.8. The average Bonchev–Trinajstić information content (AvgIpc) is 2.36. The second-order valence-corrected chi connectivity index (χ2v) is 7.39. The summed E-state index contributed by atoms with van der Waals surface area (Å²) < 4.78 is 20.8. The molecule has 1 heterocycles. The molecule has 1 fully saturated rings. The summed E-state index contributed by atoms with van der Waals surface area (Å²) in [7, 11) is 1.41. The van der Waals surface area contributed by atoms with Crippen LogP contribution in [0.1, 0.15) is 26.2 Å². The number of carbonyl (C=O) groups excluding carboxylic acids is 2. The van der Waals surface area contributed by atoms with Crippen LogP contribution in [0.3, 0.4) is 0 Å². The molecule has 0 spiro atoms. The van der Waals surface area contributed by atoms with E-state index < -0.39 is 26.7 Å². The normalized spacial score (nSPS) is 25.1. The Kier molecular flexibility index (Phi) is 5.45. The van der Waals surface area contributed by atoms with Crippen molar-refractivity contribution in [3.8, 4) is 0 Å². The molecule has 0 amide bonds. The molecule has 0 saturated carbocycles. The number of esters is 2. The molecule has 0 aliphatic carbocycles. The van der Waals surface area contributed by atoms with Gasteiger partial charge in [0.1, 0.15) is 0 Å². The maximum atomic E-state index is 11.8. The minimum atomic E-state index is -3.02. The van der Waals surface area contributed by atoms with Gasteiger partial charge in [0, 0.05) is 21.3 Å². The van der Waals surface area contributed by atoms with Gasteiger partial charge < -0.3 is 18.0 Å². The van der Waals surface area contributed by atoms with Gasteiger partial charge in [0.25, 0.3) is 0 Å². The van der Waals surface area contributed by atoms with Crippen molar-refractivity contribution in [3.05, 3.63) is 0 Å². The largest absolute Gasteiger partial charge is 0.504 e. The van der Waals surface area contributed by atoms with E-state index >= 15 is 0 Å². The summed E-state index contributed by atoms with van der Waals surface area (Å²) in [5.74, 6) is -1.44. The van der Waals surface area contributed by atoms with Gasteiger partial charge in [-0.05, 0) is 6.42 Å². The van der Waals surface area contributed by atoms with Crippen molar-refractivity contribution in [2.75, 3.05) is 21.3 Å². The summed E-state index contributed by atoms with van der Waals surface area (Å²) in [6, 6.07) is 0. The van der Waals surface area contributed by atoms with Crippen LogP contribution in [0.25, 0.3) is 0 Å². The van der Waals surface area contributed by atoms with Crippen molar-refractivity contribution in [1.29, 1.82) is 0 Å². The Hall–Kier alpha value is -0.763. The van der Waals surface area contributed by atoms with Crippen LogP contribution in [-0.2, 0) is 27.6 Å². The third kappa shape index (κ3) is 2.80. The van der Waals surface area contributed by atoms with Crippen LogP contribution in [-0.4, -0.2) is 42.1 Å². The summed E-state index contributed by atoms with van der Waals surface area (Å²) >= 11 is 0. The van der Waals surface area contributed by atoms with Crippen molar-refractivity contribution in [2.45, 2.75) is 31.7 Å². The van der Waals surface area contributed by atoms with Crippen LogP contribution < -0.4 is 0 Å². The molecule has 0 aromatic carbocycles. The molecule has 0 bridgehead atoms. The summed E-state index contributed by atoms with van der Waals surface area (Å²) in [6.45, 7) is 1.97. The fraction of sp³-hybridized carbons (Fsp3) is 0.818. The summed E-state index contributed by atoms with van der Waals surface area (Å²) in [4.78, 5) is 23.3. The number of hydrogen-bond donors (Lipinski definition) is 0. The Bertz CT molecular complexity index is 306. The van der Waals surface area contributed by atoms with Gasteiger partial charge in [-0.15, -0.1) is 0 Å². The van der Waals surface area contributed by atoms with Crippen LogP contribution in [0.2, 0.25) is 5.54 Å². The van der Waals surface area contributed by atoms with Gasteiger partial charge >= 0.3 is 20.7 Å². The first-order valence-electron chi connectivity index (χ1n) is 5.94. The molecule has 1 aliphatic rings. The van der Waals surface area contributed by atoms with Gasteiger partial charge in [-0.25, -0.2) is 0 Å². The van der Waals surface area contributed by atoms with E-state index in [-0.39, 0.29) is 12.0 Å². The number of hydrogen-bond acceptors (Lipinski definition) is 6. The van der Waals surface area contributed by atoms with E-state index in [4.69, 9.17) is 13.3 Å². The molecule has 0 N–H and O–H groups in total. The van der Waals surface area contributed by atoms with Gasteiger partial charge in [0.15, 0.2) is 0 Å². The van der Waals surface area contributed by atoms with Gasteiger partial charge in [-0.3, -0.25) is 9.59 Å². The fourth-order valence-electron chi connectivity index (χ4n) is 2.42. The van der Waals surface area contributed by atoms with Gasteiger partial charge in [-0.2, -0.15) is 0 Å². The highest BCUT2D eigenvalue weighted by molar-refractivity contribution is 6.63. The Balaban J connectivity index is 3.05. The zero-order valence-corrected chi connectivity index (χ0v) is 12.2. The van der Waals surface area contributed by atoms with Crippen LogP contribution in [0.4, 0.5) is 0 Å². The standard InChI is InChI=1S/C11H20O6Si/c1-5-6-8-9(7-10(12)17-11(8)13)18(14-2,15-3)16-4/h8-9H,5-7H2,1-4H3. The SMILES string of the molecule is CCCC1C(=O)OC(=O)CC1[Si](OC)(OC)OC. The maximum Gasteiger partial charge on any atom is 0.504 e. The van der Waals surface area contributed by atoms with Gasteiger partial charge in [-0.1, -0.05) is 13.3 Å². The van der Waals surface area contributed by atoms with E-state index in [0.717, 1.165) is 6.42 Å². The molecule has 1 saturated heterocycles. The molecule has 0 aromatic heterocycles. The second kappa shape index (κ2) is 6.42. The van der Waals surface area contributed by atoms with E-state index in [1.807, 2.05) is 6.92 Å². The van der Waals surface area contributed by atoms with Crippen molar-refractivity contribution >= 4 is 20.7 Å². The smallest absolute Gasteiger partial charge is 0.393 e. The third-order valence-corrected chi connectivity index (χ3v) is 6.52. The van der Waals surface area contributed by atoms with E-state index in [2.05, 4.69) is 4.74 Å². The molecule has 18 heavy (non-hydrogen) atoms. The number of carbonyl (C=O) groups is 2. The van der Waals surface area contributed by atoms with Crippen LogP contribution in [0, 0.1) is 5.92 Å². The maximum absolute atomic E-state index is 11.8. The van der Waals surface area contributed by atoms with Crippen LogP contribution >= 0.6 is 0 Å². The highest BCUT2D eigenvalue weighted by atomic mass is 28.4. The molecular weight excluding hydrogens is 256 g/mol. The Morgan fingerprint density at radius 2 is 1.78 bits per heavy atom. The zero-order valence-electron chi connectivity index (χ0n) is 11.2. The van der Waals surface area contributed by atoms with E-state index in [1.54, 1.807) is 0 Å². The second-order valence-electron chi connectivity index (χ2n) is 4.21. The monoisotopic (exact) mass is 276 g/mol. The highest BCUT2D eigenvalue weighted by Crippen LogP contribution is 2.40. The quantitative estimate of drug-likeness (QED) is 0.411. The van der Waals surface area contributed by atoms with Crippen molar-refractivity contribution in [2.24, 2.45) is 5.92 Å².